The van der Waals surface area contributed by atoms with Crippen LogP contribution in [0.1, 0.15) is 11.1 Å². The van der Waals surface area contributed by atoms with Gasteiger partial charge in [-0.15, -0.1) is 0 Å². The van der Waals surface area contributed by atoms with Crippen LogP contribution in [0.5, 0.6) is 5.75 Å². The first-order chi connectivity index (χ1) is 14.2. The average Bonchev–Trinajstić information content (AvgIpc) is 2.70. The second-order valence-electron chi connectivity index (χ2n) is 6.04. The van der Waals surface area contributed by atoms with Crippen molar-refractivity contribution in [3.63, 3.8) is 0 Å². The number of anilines is 1. The third-order valence-electron chi connectivity index (χ3n) is 3.83. The number of amides is 1. The van der Waals surface area contributed by atoms with Gasteiger partial charge in [0.1, 0.15) is 5.75 Å². The van der Waals surface area contributed by atoms with Gasteiger partial charge < -0.3 is 20.7 Å². The Hall–Kier alpha value is -3.37. The number of carbonyl (C=O) groups excluding carboxylic acids is 1. The molecule has 0 aliphatic carbocycles. The number of rotatable bonds is 7. The van der Waals surface area contributed by atoms with Crippen LogP contribution in [0.2, 0.25) is 0 Å². The quantitative estimate of drug-likeness (QED) is 0.273. The van der Waals surface area contributed by atoms with Gasteiger partial charge in [-0.05, 0) is 25.1 Å². The van der Waals surface area contributed by atoms with Crippen molar-refractivity contribution in [1.29, 1.82) is 0 Å². The first-order valence-corrected chi connectivity index (χ1v) is 8.63. The Bertz CT molecular complexity index is 937. The molecule has 0 fully saturated rings. The summed E-state index contributed by atoms with van der Waals surface area (Å²) in [5, 5.41) is 7.55. The minimum Gasteiger partial charge on any atom is -0.434 e. The van der Waals surface area contributed by atoms with E-state index in [2.05, 4.69) is 25.7 Å². The van der Waals surface area contributed by atoms with Crippen molar-refractivity contribution in [2.24, 2.45) is 4.99 Å². The molecule has 30 heavy (non-hydrogen) atoms. The summed E-state index contributed by atoms with van der Waals surface area (Å²) >= 11 is 0. The number of nitrogens with one attached hydrogen (secondary N) is 3. The number of guanidine groups is 1. The molecule has 0 radical (unpaired) electrons. The minimum atomic E-state index is -2.98. The summed E-state index contributed by atoms with van der Waals surface area (Å²) in [4.78, 5) is 15.8. The molecule has 0 saturated heterocycles. The number of aryl methyl sites for hydroxylation is 1. The summed E-state index contributed by atoms with van der Waals surface area (Å²) in [7, 11) is 1.41. The SMILES string of the molecule is CN=C(NCC(=O)Nc1ccc(F)c(F)c1F)NCc1cc(C)ccc1OC(F)F. The van der Waals surface area contributed by atoms with Gasteiger partial charge in [0.15, 0.2) is 23.4 Å². The highest BCUT2D eigenvalue weighted by molar-refractivity contribution is 5.95. The van der Waals surface area contributed by atoms with Crippen molar-refractivity contribution in [2.45, 2.75) is 20.1 Å². The van der Waals surface area contributed by atoms with Crippen LogP contribution in [0.15, 0.2) is 35.3 Å². The summed E-state index contributed by atoms with van der Waals surface area (Å²) in [5.41, 5.74) is 0.744. The number of alkyl halides is 2. The standard InChI is InChI=1S/C19H19F5N4O2/c1-10-3-6-14(30-18(23)24)11(7-10)8-26-19(25-2)27-9-15(29)28-13-5-4-12(20)16(21)17(13)22/h3-7,18H,8-9H2,1-2H3,(H,28,29)(H2,25,26,27). The van der Waals surface area contributed by atoms with Crippen molar-refractivity contribution in [1.82, 2.24) is 10.6 Å². The maximum Gasteiger partial charge on any atom is 0.387 e. The number of halogens is 5. The molecule has 2 aromatic rings. The number of ether oxygens (including phenoxy) is 1. The summed E-state index contributed by atoms with van der Waals surface area (Å²) in [5.74, 6) is -5.21. The van der Waals surface area contributed by atoms with Crippen LogP contribution >= 0.6 is 0 Å². The fraction of sp³-hybridized carbons (Fsp3) is 0.263. The van der Waals surface area contributed by atoms with Crippen molar-refractivity contribution >= 4 is 17.6 Å². The van der Waals surface area contributed by atoms with Crippen LogP contribution in [-0.4, -0.2) is 32.1 Å². The van der Waals surface area contributed by atoms with Crippen molar-refractivity contribution in [2.75, 3.05) is 18.9 Å². The Morgan fingerprint density at radius 2 is 1.83 bits per heavy atom. The average molecular weight is 430 g/mol. The largest absolute Gasteiger partial charge is 0.434 e. The third kappa shape index (κ3) is 6.33. The maximum absolute atomic E-state index is 13.6. The lowest BCUT2D eigenvalue weighted by molar-refractivity contribution is -0.115. The molecule has 6 nitrogen and oxygen atoms in total. The number of hydrogen-bond acceptors (Lipinski definition) is 3. The highest BCUT2D eigenvalue weighted by Gasteiger charge is 2.15. The van der Waals surface area contributed by atoms with E-state index in [1.165, 1.54) is 13.1 Å². The van der Waals surface area contributed by atoms with Gasteiger partial charge in [0, 0.05) is 19.2 Å². The normalized spacial score (nSPS) is 11.4. The number of carbonyl (C=O) groups is 1. The van der Waals surface area contributed by atoms with Gasteiger partial charge >= 0.3 is 6.61 Å². The van der Waals surface area contributed by atoms with Crippen molar-refractivity contribution < 1.29 is 31.5 Å². The molecule has 0 aliphatic rings. The van der Waals surface area contributed by atoms with Crippen molar-refractivity contribution in [3.8, 4) is 5.75 Å². The highest BCUT2D eigenvalue weighted by Crippen LogP contribution is 2.22. The number of hydrogen-bond donors (Lipinski definition) is 3. The molecule has 0 bridgehead atoms. The molecular weight excluding hydrogens is 411 g/mol. The summed E-state index contributed by atoms with van der Waals surface area (Å²) in [6, 6.07) is 6.26. The summed E-state index contributed by atoms with van der Waals surface area (Å²) < 4.78 is 69.3. The van der Waals surface area contributed by atoms with Gasteiger partial charge in [-0.1, -0.05) is 17.7 Å². The smallest absolute Gasteiger partial charge is 0.387 e. The summed E-state index contributed by atoms with van der Waals surface area (Å²) in [6.07, 6.45) is 0. The first-order valence-electron chi connectivity index (χ1n) is 8.63. The van der Waals surface area contributed by atoms with Gasteiger partial charge in [0.25, 0.3) is 0 Å². The molecule has 0 heterocycles. The van der Waals surface area contributed by atoms with Gasteiger partial charge in [-0.3, -0.25) is 9.79 Å². The Kier molecular flexibility index (Phi) is 7.96. The Balaban J connectivity index is 1.93. The van der Waals surface area contributed by atoms with Gasteiger partial charge in [-0.2, -0.15) is 8.78 Å². The molecule has 0 atom stereocenters. The molecule has 0 aliphatic heterocycles. The molecule has 2 rings (SSSR count). The van der Waals surface area contributed by atoms with E-state index in [-0.39, 0.29) is 24.8 Å². The monoisotopic (exact) mass is 430 g/mol. The lowest BCUT2D eigenvalue weighted by Gasteiger charge is -2.15. The number of nitrogens with zero attached hydrogens (tertiary/aromatic N) is 1. The number of benzene rings is 2. The lowest BCUT2D eigenvalue weighted by Crippen LogP contribution is -2.41. The molecule has 2 aromatic carbocycles. The van der Waals surface area contributed by atoms with Crippen LogP contribution in [0.4, 0.5) is 27.6 Å². The molecule has 0 saturated carbocycles. The topological polar surface area (TPSA) is 74.8 Å². The van der Waals surface area contributed by atoms with Crippen LogP contribution in [0.25, 0.3) is 0 Å². The lowest BCUT2D eigenvalue weighted by atomic mass is 10.1. The second-order valence-corrected chi connectivity index (χ2v) is 6.04. The molecule has 1 amide bonds. The van der Waals surface area contributed by atoms with Crippen LogP contribution in [-0.2, 0) is 11.3 Å². The molecule has 3 N–H and O–H groups in total. The molecule has 162 valence electrons. The zero-order chi connectivity index (χ0) is 22.3. The Morgan fingerprint density at radius 1 is 1.10 bits per heavy atom. The zero-order valence-electron chi connectivity index (χ0n) is 16.0. The molecule has 0 spiro atoms. The molecule has 11 heteroatoms. The van der Waals surface area contributed by atoms with E-state index in [4.69, 9.17) is 0 Å². The maximum atomic E-state index is 13.6. The predicted molar refractivity (Wildman–Crippen MR) is 101 cm³/mol. The van der Waals surface area contributed by atoms with Crippen LogP contribution in [0, 0.1) is 24.4 Å². The van der Waals surface area contributed by atoms with Crippen molar-refractivity contribution in [3.05, 3.63) is 58.9 Å². The fourth-order valence-electron chi connectivity index (χ4n) is 2.44. The van der Waals surface area contributed by atoms with Gasteiger partial charge in [-0.25, -0.2) is 13.2 Å². The van der Waals surface area contributed by atoms with Gasteiger partial charge in [0.2, 0.25) is 5.91 Å². The van der Waals surface area contributed by atoms with E-state index in [0.29, 0.717) is 11.6 Å². The molecule has 0 aromatic heterocycles. The van der Waals surface area contributed by atoms with E-state index in [0.717, 1.165) is 11.6 Å². The fourth-order valence-corrected chi connectivity index (χ4v) is 2.44. The van der Waals surface area contributed by atoms with Crippen LogP contribution in [0.3, 0.4) is 0 Å². The highest BCUT2D eigenvalue weighted by atomic mass is 19.3. The van der Waals surface area contributed by atoms with E-state index >= 15 is 0 Å². The van der Waals surface area contributed by atoms with Gasteiger partial charge in [0.05, 0.1) is 12.2 Å². The van der Waals surface area contributed by atoms with E-state index < -0.39 is 35.7 Å². The Morgan fingerprint density at radius 3 is 2.50 bits per heavy atom. The zero-order valence-corrected chi connectivity index (χ0v) is 16.0. The van der Waals surface area contributed by atoms with E-state index in [9.17, 15) is 26.7 Å². The second kappa shape index (κ2) is 10.4. The third-order valence-corrected chi connectivity index (χ3v) is 3.83. The minimum absolute atomic E-state index is 0.00916. The number of aliphatic imine (C=N–C) groups is 1. The predicted octanol–water partition coefficient (Wildman–Crippen LogP) is 3.32. The molecular formula is C19H19F5N4O2. The van der Waals surface area contributed by atoms with Crippen LogP contribution < -0.4 is 20.7 Å². The molecule has 0 unspecified atom stereocenters. The summed E-state index contributed by atoms with van der Waals surface area (Å²) in [6.45, 7) is -1.52. The van der Waals surface area contributed by atoms with E-state index in [1.807, 2.05) is 0 Å². The first kappa shape index (κ1) is 22.9. The Labute approximate surface area is 169 Å². The van der Waals surface area contributed by atoms with E-state index in [1.54, 1.807) is 19.1 Å².